The topological polar surface area (TPSA) is 49.9 Å². The van der Waals surface area contributed by atoms with Gasteiger partial charge >= 0.3 is 6.09 Å². The number of para-hydroxylation sites is 1. The number of aryl methyl sites for hydroxylation is 1. The highest BCUT2D eigenvalue weighted by atomic mass is 32.2. The first kappa shape index (κ1) is 19.0. The molecule has 2 aliphatic heterocycles. The van der Waals surface area contributed by atoms with E-state index in [-0.39, 0.29) is 12.1 Å². The maximum atomic E-state index is 13.6. The van der Waals surface area contributed by atoms with Gasteiger partial charge < -0.3 is 4.74 Å². The van der Waals surface area contributed by atoms with E-state index in [0.717, 1.165) is 16.8 Å². The van der Waals surface area contributed by atoms with Gasteiger partial charge in [0.05, 0.1) is 10.6 Å². The molecule has 0 aliphatic carbocycles. The van der Waals surface area contributed by atoms with Crippen molar-refractivity contribution < 1.29 is 18.1 Å². The first-order chi connectivity index (χ1) is 12.4. The Morgan fingerprint density at radius 3 is 2.69 bits per heavy atom. The molecule has 1 aromatic carbocycles. The molecule has 1 saturated heterocycles. The molecular formula is C19H25FN2O3S. The fourth-order valence-corrected chi connectivity index (χ4v) is 5.02. The van der Waals surface area contributed by atoms with Crippen molar-refractivity contribution in [2.75, 3.05) is 18.0 Å². The second-order valence-electron chi connectivity index (χ2n) is 6.72. The molecule has 26 heavy (non-hydrogen) atoms. The predicted molar refractivity (Wildman–Crippen MR) is 101 cm³/mol. The van der Waals surface area contributed by atoms with Crippen LogP contribution in [0.15, 0.2) is 29.2 Å². The molecule has 0 radical (unpaired) electrons. The Kier molecular flexibility index (Phi) is 5.77. The number of carbonyl (C=O) groups excluding carboxylic acids is 1. The standard InChI is InChI=1S/C19H25FN2O3S/c1-4-17(14(3)20)26(24)21-10-8-16(9-11-21)22-18-13(2)6-5-7-15(18)12-25-19(22)23/h4-7,14,16H,8-12H2,1-3H3/b17-4+. The quantitative estimate of drug-likeness (QED) is 0.797. The van der Waals surface area contributed by atoms with Crippen molar-refractivity contribution in [2.45, 2.75) is 52.4 Å². The molecule has 0 saturated carbocycles. The number of allylic oxidation sites excluding steroid dienone is 2. The molecule has 0 aromatic heterocycles. The van der Waals surface area contributed by atoms with Crippen molar-refractivity contribution in [1.82, 2.24) is 4.31 Å². The number of alkyl halides is 1. The van der Waals surface area contributed by atoms with Crippen LogP contribution in [-0.4, -0.2) is 39.9 Å². The van der Waals surface area contributed by atoms with Crippen LogP contribution in [0.2, 0.25) is 0 Å². The van der Waals surface area contributed by atoms with Gasteiger partial charge in [-0.25, -0.2) is 17.7 Å². The summed E-state index contributed by atoms with van der Waals surface area (Å²) in [6, 6.07) is 5.93. The maximum Gasteiger partial charge on any atom is 0.414 e. The second kappa shape index (κ2) is 7.88. The number of piperidine rings is 1. The lowest BCUT2D eigenvalue weighted by molar-refractivity contribution is 0.136. The number of anilines is 1. The van der Waals surface area contributed by atoms with Crippen LogP contribution in [0.5, 0.6) is 0 Å². The molecule has 1 amide bonds. The van der Waals surface area contributed by atoms with Crippen molar-refractivity contribution in [1.29, 1.82) is 0 Å². The summed E-state index contributed by atoms with van der Waals surface area (Å²) in [4.78, 5) is 14.5. The Morgan fingerprint density at radius 1 is 1.38 bits per heavy atom. The largest absolute Gasteiger partial charge is 0.444 e. The first-order valence-corrected chi connectivity index (χ1v) is 10.1. The summed E-state index contributed by atoms with van der Waals surface area (Å²) in [5, 5.41) is 0. The zero-order valence-electron chi connectivity index (χ0n) is 15.4. The van der Waals surface area contributed by atoms with Gasteiger partial charge in [0.25, 0.3) is 0 Å². The van der Waals surface area contributed by atoms with E-state index in [0.29, 0.717) is 37.4 Å². The van der Waals surface area contributed by atoms with E-state index in [1.807, 2.05) is 25.1 Å². The molecule has 142 valence electrons. The summed E-state index contributed by atoms with van der Waals surface area (Å²) >= 11 is 0. The third-order valence-corrected chi connectivity index (χ3v) is 6.81. The number of hydrogen-bond donors (Lipinski definition) is 0. The van der Waals surface area contributed by atoms with E-state index in [4.69, 9.17) is 4.74 Å². The van der Waals surface area contributed by atoms with E-state index < -0.39 is 17.2 Å². The molecule has 2 aliphatic rings. The van der Waals surface area contributed by atoms with E-state index in [1.165, 1.54) is 6.92 Å². The Bertz CT molecular complexity index is 742. The van der Waals surface area contributed by atoms with Crippen LogP contribution < -0.4 is 4.90 Å². The molecule has 5 nitrogen and oxygen atoms in total. The number of cyclic esters (lactones) is 1. The number of ether oxygens (including phenoxy) is 1. The lowest BCUT2D eigenvalue weighted by Crippen LogP contribution is -2.50. The SMILES string of the molecule is C/C=C(\C(C)F)S(=O)N1CCC(N2C(=O)OCc3cccc(C)c32)CC1. The van der Waals surface area contributed by atoms with E-state index in [1.54, 1.807) is 22.2 Å². The van der Waals surface area contributed by atoms with Crippen molar-refractivity contribution in [2.24, 2.45) is 0 Å². The van der Waals surface area contributed by atoms with E-state index in [9.17, 15) is 13.4 Å². The molecule has 2 heterocycles. The van der Waals surface area contributed by atoms with Crippen LogP contribution >= 0.6 is 0 Å². The molecule has 7 heteroatoms. The van der Waals surface area contributed by atoms with Gasteiger partial charge in [-0.05, 0) is 39.2 Å². The Morgan fingerprint density at radius 2 is 2.08 bits per heavy atom. The van der Waals surface area contributed by atoms with Gasteiger partial charge in [0, 0.05) is 24.7 Å². The van der Waals surface area contributed by atoms with Crippen LogP contribution in [-0.2, 0) is 22.3 Å². The van der Waals surface area contributed by atoms with Crippen molar-refractivity contribution in [3.05, 3.63) is 40.3 Å². The molecule has 1 fully saturated rings. The fraction of sp³-hybridized carbons (Fsp3) is 0.526. The minimum Gasteiger partial charge on any atom is -0.444 e. The van der Waals surface area contributed by atoms with Gasteiger partial charge in [0.2, 0.25) is 0 Å². The fourth-order valence-electron chi connectivity index (χ4n) is 3.70. The molecular weight excluding hydrogens is 355 g/mol. The summed E-state index contributed by atoms with van der Waals surface area (Å²) in [7, 11) is -1.47. The Hall–Kier alpha value is -1.73. The average Bonchev–Trinajstić information content (AvgIpc) is 2.62. The molecule has 3 rings (SSSR count). The number of carbonyl (C=O) groups is 1. The third-order valence-electron chi connectivity index (χ3n) is 5.01. The van der Waals surface area contributed by atoms with Gasteiger partial charge in [0.15, 0.2) is 0 Å². The number of benzene rings is 1. The van der Waals surface area contributed by atoms with Crippen molar-refractivity contribution >= 4 is 22.8 Å². The van der Waals surface area contributed by atoms with Gasteiger partial charge in [-0.3, -0.25) is 4.90 Å². The van der Waals surface area contributed by atoms with Crippen LogP contribution in [0.1, 0.15) is 37.8 Å². The number of rotatable bonds is 4. The zero-order chi connectivity index (χ0) is 18.8. The van der Waals surface area contributed by atoms with Gasteiger partial charge in [-0.1, -0.05) is 24.3 Å². The molecule has 2 unspecified atom stereocenters. The van der Waals surface area contributed by atoms with E-state index >= 15 is 0 Å². The minimum atomic E-state index is -1.47. The first-order valence-electron chi connectivity index (χ1n) is 8.95. The van der Waals surface area contributed by atoms with Gasteiger partial charge in [-0.15, -0.1) is 0 Å². The lowest BCUT2D eigenvalue weighted by Gasteiger charge is -2.40. The molecule has 2 atom stereocenters. The summed E-state index contributed by atoms with van der Waals surface area (Å²) < 4.78 is 33.4. The highest BCUT2D eigenvalue weighted by Gasteiger charge is 2.36. The highest BCUT2D eigenvalue weighted by Crippen LogP contribution is 2.35. The number of halogens is 1. The smallest absolute Gasteiger partial charge is 0.414 e. The third kappa shape index (κ3) is 3.55. The van der Waals surface area contributed by atoms with Crippen LogP contribution in [0.4, 0.5) is 14.9 Å². The van der Waals surface area contributed by atoms with Crippen molar-refractivity contribution in [3.8, 4) is 0 Å². The second-order valence-corrected chi connectivity index (χ2v) is 8.21. The molecule has 0 N–H and O–H groups in total. The summed E-state index contributed by atoms with van der Waals surface area (Å²) in [5.41, 5.74) is 3.00. The summed E-state index contributed by atoms with van der Waals surface area (Å²) in [6.45, 7) is 6.51. The number of nitrogens with zero attached hydrogens (tertiary/aromatic N) is 2. The van der Waals surface area contributed by atoms with Crippen LogP contribution in [0.25, 0.3) is 0 Å². The average molecular weight is 380 g/mol. The lowest BCUT2D eigenvalue weighted by atomic mass is 10.00. The molecule has 0 spiro atoms. The normalized spacial score (nSPS) is 21.9. The van der Waals surface area contributed by atoms with Gasteiger partial charge in [-0.2, -0.15) is 0 Å². The summed E-state index contributed by atoms with van der Waals surface area (Å²) in [6.07, 6.45) is 1.38. The number of fused-ring (bicyclic) bond motifs is 1. The predicted octanol–water partition coefficient (Wildman–Crippen LogP) is 3.84. The van der Waals surface area contributed by atoms with Gasteiger partial charge in [0.1, 0.15) is 23.8 Å². The monoisotopic (exact) mass is 380 g/mol. The number of hydrogen-bond acceptors (Lipinski definition) is 3. The van der Waals surface area contributed by atoms with Crippen molar-refractivity contribution in [3.63, 3.8) is 0 Å². The van der Waals surface area contributed by atoms with E-state index in [2.05, 4.69) is 0 Å². The van der Waals surface area contributed by atoms with Crippen LogP contribution in [0.3, 0.4) is 0 Å². The summed E-state index contributed by atoms with van der Waals surface area (Å²) in [5.74, 6) is 0. The molecule has 1 aromatic rings. The zero-order valence-corrected chi connectivity index (χ0v) is 16.2. The number of amides is 1. The molecule has 0 bridgehead atoms. The Labute approximate surface area is 156 Å². The Balaban J connectivity index is 1.75. The highest BCUT2D eigenvalue weighted by molar-refractivity contribution is 7.86. The maximum absolute atomic E-state index is 13.6. The minimum absolute atomic E-state index is 0.00671. The van der Waals surface area contributed by atoms with Crippen LogP contribution in [0, 0.1) is 6.92 Å².